The highest BCUT2D eigenvalue weighted by Crippen LogP contribution is 2.22. The zero-order chi connectivity index (χ0) is 15.2. The first-order valence-corrected chi connectivity index (χ1v) is 8.02. The van der Waals surface area contributed by atoms with Crippen LogP contribution in [0.25, 0.3) is 10.9 Å². The molecule has 1 N–H and O–H groups in total. The van der Waals surface area contributed by atoms with E-state index in [2.05, 4.69) is 68.0 Å². The van der Waals surface area contributed by atoms with E-state index in [9.17, 15) is 0 Å². The van der Waals surface area contributed by atoms with Crippen molar-refractivity contribution in [3.63, 3.8) is 0 Å². The van der Waals surface area contributed by atoms with Gasteiger partial charge in [0.25, 0.3) is 0 Å². The molecule has 0 atom stereocenters. The summed E-state index contributed by atoms with van der Waals surface area (Å²) in [6.45, 7) is 11.8. The number of nitrogens with zero attached hydrogens (tertiary/aromatic N) is 1. The molecule has 1 heterocycles. The zero-order valence-corrected chi connectivity index (χ0v) is 13.7. The second-order valence-electron chi connectivity index (χ2n) is 6.33. The Morgan fingerprint density at radius 3 is 2.62 bits per heavy atom. The van der Waals surface area contributed by atoms with Crippen LogP contribution in [0.15, 0.2) is 30.5 Å². The SMILES string of the molecule is CC(C)CCNCCn1ccc2cc(OC(C)C)ccc21. The van der Waals surface area contributed by atoms with Crippen molar-refractivity contribution in [3.05, 3.63) is 30.5 Å². The standard InChI is InChI=1S/C18H28N2O/c1-14(2)7-9-19-10-12-20-11-8-16-13-17(21-15(3)4)5-6-18(16)20/h5-6,8,11,13-15,19H,7,9-10,12H2,1-4H3. The summed E-state index contributed by atoms with van der Waals surface area (Å²) in [4.78, 5) is 0. The molecule has 0 amide bonds. The molecule has 3 nitrogen and oxygen atoms in total. The van der Waals surface area contributed by atoms with Crippen molar-refractivity contribution in [2.24, 2.45) is 5.92 Å². The van der Waals surface area contributed by atoms with Gasteiger partial charge < -0.3 is 14.6 Å². The van der Waals surface area contributed by atoms with Gasteiger partial charge in [-0.15, -0.1) is 0 Å². The number of rotatable bonds is 8. The minimum Gasteiger partial charge on any atom is -0.491 e. The van der Waals surface area contributed by atoms with Crippen LogP contribution in [0.3, 0.4) is 0 Å². The van der Waals surface area contributed by atoms with Crippen LogP contribution in [0.5, 0.6) is 5.75 Å². The van der Waals surface area contributed by atoms with Crippen LogP contribution >= 0.6 is 0 Å². The Balaban J connectivity index is 1.92. The largest absolute Gasteiger partial charge is 0.491 e. The third-order valence-corrected chi connectivity index (χ3v) is 3.54. The summed E-state index contributed by atoms with van der Waals surface area (Å²) < 4.78 is 8.05. The third-order valence-electron chi connectivity index (χ3n) is 3.54. The van der Waals surface area contributed by atoms with Crippen LogP contribution < -0.4 is 10.1 Å². The van der Waals surface area contributed by atoms with Gasteiger partial charge in [-0.1, -0.05) is 13.8 Å². The molecule has 3 heteroatoms. The normalized spacial score (nSPS) is 11.7. The van der Waals surface area contributed by atoms with Crippen molar-refractivity contribution >= 4 is 10.9 Å². The van der Waals surface area contributed by atoms with Gasteiger partial charge in [-0.2, -0.15) is 0 Å². The average Bonchev–Trinajstić information content (AvgIpc) is 2.80. The molecule has 0 fully saturated rings. The molecule has 0 spiro atoms. The smallest absolute Gasteiger partial charge is 0.120 e. The van der Waals surface area contributed by atoms with Crippen LogP contribution in [-0.4, -0.2) is 23.8 Å². The number of nitrogens with one attached hydrogen (secondary N) is 1. The van der Waals surface area contributed by atoms with E-state index >= 15 is 0 Å². The second-order valence-corrected chi connectivity index (χ2v) is 6.33. The highest BCUT2D eigenvalue weighted by Gasteiger charge is 2.04. The van der Waals surface area contributed by atoms with Gasteiger partial charge in [-0.05, 0) is 57.0 Å². The van der Waals surface area contributed by atoms with Gasteiger partial charge in [0.15, 0.2) is 0 Å². The van der Waals surface area contributed by atoms with Crippen LogP contribution in [0.2, 0.25) is 0 Å². The molecule has 0 unspecified atom stereocenters. The van der Waals surface area contributed by atoms with E-state index in [0.29, 0.717) is 0 Å². The number of hydrogen-bond donors (Lipinski definition) is 1. The lowest BCUT2D eigenvalue weighted by Gasteiger charge is -2.11. The first kappa shape index (κ1) is 15.9. The molecule has 0 saturated carbocycles. The predicted molar refractivity (Wildman–Crippen MR) is 90.0 cm³/mol. The monoisotopic (exact) mass is 288 g/mol. The van der Waals surface area contributed by atoms with Crippen molar-refractivity contribution in [1.29, 1.82) is 0 Å². The van der Waals surface area contributed by atoms with Crippen molar-refractivity contribution in [2.75, 3.05) is 13.1 Å². The summed E-state index contributed by atoms with van der Waals surface area (Å²) in [5, 5.41) is 4.76. The summed E-state index contributed by atoms with van der Waals surface area (Å²) in [5.74, 6) is 1.72. The molecule has 0 saturated heterocycles. The summed E-state index contributed by atoms with van der Waals surface area (Å²) in [5.41, 5.74) is 1.27. The van der Waals surface area contributed by atoms with Gasteiger partial charge in [0, 0.05) is 30.2 Å². The first-order valence-electron chi connectivity index (χ1n) is 8.02. The number of fused-ring (bicyclic) bond motifs is 1. The number of aromatic nitrogens is 1. The minimum absolute atomic E-state index is 0.217. The molecule has 0 aliphatic rings. The molecule has 1 aromatic carbocycles. The van der Waals surface area contributed by atoms with E-state index in [1.54, 1.807) is 0 Å². The Labute approximate surface area is 128 Å². The molecule has 2 rings (SSSR count). The molecule has 1 aromatic heterocycles. The van der Waals surface area contributed by atoms with Crippen molar-refractivity contribution in [1.82, 2.24) is 9.88 Å². The lowest BCUT2D eigenvalue weighted by Crippen LogP contribution is -2.21. The second kappa shape index (κ2) is 7.51. The predicted octanol–water partition coefficient (Wildman–Crippen LogP) is 4.06. The van der Waals surface area contributed by atoms with E-state index in [0.717, 1.165) is 31.3 Å². The fourth-order valence-electron chi connectivity index (χ4n) is 2.43. The zero-order valence-electron chi connectivity index (χ0n) is 13.7. The summed E-state index contributed by atoms with van der Waals surface area (Å²) in [6.07, 6.45) is 3.62. The molecule has 21 heavy (non-hydrogen) atoms. The van der Waals surface area contributed by atoms with Gasteiger partial charge >= 0.3 is 0 Å². The van der Waals surface area contributed by atoms with Crippen LogP contribution in [0, 0.1) is 5.92 Å². The quantitative estimate of drug-likeness (QED) is 0.741. The maximum Gasteiger partial charge on any atom is 0.120 e. The minimum atomic E-state index is 0.217. The number of ether oxygens (including phenoxy) is 1. The molecule has 0 radical (unpaired) electrons. The van der Waals surface area contributed by atoms with E-state index < -0.39 is 0 Å². The van der Waals surface area contributed by atoms with E-state index in [1.165, 1.54) is 17.3 Å². The summed E-state index contributed by atoms with van der Waals surface area (Å²) in [6, 6.07) is 8.50. The first-order chi connectivity index (χ1) is 10.1. The Bertz CT molecular complexity index is 557. The lowest BCUT2D eigenvalue weighted by atomic mass is 10.1. The highest BCUT2D eigenvalue weighted by atomic mass is 16.5. The number of hydrogen-bond acceptors (Lipinski definition) is 2. The Kier molecular flexibility index (Phi) is 5.68. The van der Waals surface area contributed by atoms with Crippen molar-refractivity contribution in [2.45, 2.75) is 46.8 Å². The third kappa shape index (κ3) is 4.78. The highest BCUT2D eigenvalue weighted by molar-refractivity contribution is 5.81. The Morgan fingerprint density at radius 1 is 1.10 bits per heavy atom. The molecule has 2 aromatic rings. The van der Waals surface area contributed by atoms with Crippen LogP contribution in [-0.2, 0) is 6.54 Å². The number of benzene rings is 1. The van der Waals surface area contributed by atoms with Crippen LogP contribution in [0.1, 0.15) is 34.1 Å². The maximum atomic E-state index is 5.75. The van der Waals surface area contributed by atoms with Crippen LogP contribution in [0.4, 0.5) is 0 Å². The van der Waals surface area contributed by atoms with Gasteiger partial charge in [-0.25, -0.2) is 0 Å². The van der Waals surface area contributed by atoms with Gasteiger partial charge in [0.1, 0.15) is 5.75 Å². The van der Waals surface area contributed by atoms with E-state index in [1.807, 2.05) is 0 Å². The Morgan fingerprint density at radius 2 is 1.90 bits per heavy atom. The Hall–Kier alpha value is -1.48. The van der Waals surface area contributed by atoms with Crippen molar-refractivity contribution in [3.8, 4) is 5.75 Å². The molecule has 0 aliphatic carbocycles. The lowest BCUT2D eigenvalue weighted by molar-refractivity contribution is 0.243. The van der Waals surface area contributed by atoms with E-state index in [4.69, 9.17) is 4.74 Å². The maximum absolute atomic E-state index is 5.75. The molecule has 0 aliphatic heterocycles. The summed E-state index contributed by atoms with van der Waals surface area (Å²) >= 11 is 0. The van der Waals surface area contributed by atoms with E-state index in [-0.39, 0.29) is 6.10 Å². The fourth-order valence-corrected chi connectivity index (χ4v) is 2.43. The fraction of sp³-hybridized carbons (Fsp3) is 0.556. The topological polar surface area (TPSA) is 26.2 Å². The van der Waals surface area contributed by atoms with Gasteiger partial charge in [0.2, 0.25) is 0 Å². The van der Waals surface area contributed by atoms with Gasteiger partial charge in [-0.3, -0.25) is 0 Å². The molecule has 116 valence electrons. The molecule has 0 bridgehead atoms. The van der Waals surface area contributed by atoms with Gasteiger partial charge in [0.05, 0.1) is 6.10 Å². The molecular weight excluding hydrogens is 260 g/mol. The average molecular weight is 288 g/mol. The summed E-state index contributed by atoms with van der Waals surface area (Å²) in [7, 11) is 0. The van der Waals surface area contributed by atoms with Crippen molar-refractivity contribution < 1.29 is 4.74 Å². The molecular formula is C18H28N2O.